The summed E-state index contributed by atoms with van der Waals surface area (Å²) in [5.74, 6) is -1.39. The van der Waals surface area contributed by atoms with Crippen LogP contribution < -0.4 is 5.32 Å². The molecule has 0 aliphatic heterocycles. The van der Waals surface area contributed by atoms with Gasteiger partial charge in [-0.05, 0) is 24.8 Å². The van der Waals surface area contributed by atoms with Crippen molar-refractivity contribution in [1.82, 2.24) is 9.97 Å². The molecule has 1 aliphatic rings. The van der Waals surface area contributed by atoms with Gasteiger partial charge < -0.3 is 4.74 Å². The van der Waals surface area contributed by atoms with Crippen molar-refractivity contribution in [1.29, 1.82) is 0 Å². The molecule has 1 N–H and O–H groups in total. The quantitative estimate of drug-likeness (QED) is 0.522. The Hall–Kier alpha value is -1.98. The van der Waals surface area contributed by atoms with Crippen molar-refractivity contribution in [3.05, 3.63) is 18.5 Å². The summed E-state index contributed by atoms with van der Waals surface area (Å²) in [6.45, 7) is 0. The number of methoxy groups -OCH3 is 1. The number of nitrogens with zero attached hydrogens (tertiary/aromatic N) is 2. The number of carbonyl (C=O) groups excluding carboxylic acids is 2. The van der Waals surface area contributed by atoms with Gasteiger partial charge >= 0.3 is 5.97 Å². The first-order valence-electron chi connectivity index (χ1n) is 7.38. The molecule has 21 heavy (non-hydrogen) atoms. The van der Waals surface area contributed by atoms with E-state index in [1.54, 1.807) is 18.5 Å². The van der Waals surface area contributed by atoms with Crippen LogP contribution in [0.5, 0.6) is 0 Å². The van der Waals surface area contributed by atoms with Crippen LogP contribution in [0.2, 0.25) is 0 Å². The van der Waals surface area contributed by atoms with Crippen molar-refractivity contribution in [3.63, 3.8) is 0 Å². The maximum atomic E-state index is 12.4. The molecular weight excluding hydrogens is 270 g/mol. The standard InChI is InChI=1S/C15H21N3O3/c1-21-14(20)12(11-7-4-2-3-5-8-11)13(19)18-15-16-9-6-10-17-15/h6,9-12H,2-5,7-8H2,1H3,(H,16,17,18,19)/t12-/m1/s1. The van der Waals surface area contributed by atoms with Gasteiger partial charge in [0.15, 0.2) is 0 Å². The number of amides is 1. The largest absolute Gasteiger partial charge is 0.468 e. The summed E-state index contributed by atoms with van der Waals surface area (Å²) in [6, 6.07) is 1.67. The zero-order valence-electron chi connectivity index (χ0n) is 12.2. The van der Waals surface area contributed by atoms with Gasteiger partial charge in [-0.2, -0.15) is 0 Å². The van der Waals surface area contributed by atoms with Gasteiger partial charge in [-0.15, -0.1) is 0 Å². The summed E-state index contributed by atoms with van der Waals surface area (Å²) in [4.78, 5) is 32.4. The maximum Gasteiger partial charge on any atom is 0.318 e. The molecule has 2 rings (SSSR count). The molecule has 1 amide bonds. The summed E-state index contributed by atoms with van der Waals surface area (Å²) < 4.78 is 4.82. The zero-order chi connectivity index (χ0) is 15.1. The molecule has 6 nitrogen and oxygen atoms in total. The Morgan fingerprint density at radius 2 is 1.81 bits per heavy atom. The van der Waals surface area contributed by atoms with Gasteiger partial charge in [0.1, 0.15) is 5.92 Å². The number of hydrogen-bond donors (Lipinski definition) is 1. The van der Waals surface area contributed by atoms with Crippen LogP contribution in [-0.2, 0) is 14.3 Å². The molecule has 0 aromatic carbocycles. The average Bonchev–Trinajstić information content (AvgIpc) is 2.77. The summed E-state index contributed by atoms with van der Waals surface area (Å²) in [6.07, 6.45) is 9.26. The van der Waals surface area contributed by atoms with Gasteiger partial charge in [-0.1, -0.05) is 25.7 Å². The first-order valence-corrected chi connectivity index (χ1v) is 7.38. The van der Waals surface area contributed by atoms with E-state index in [-0.39, 0.29) is 17.8 Å². The summed E-state index contributed by atoms with van der Waals surface area (Å²) in [5, 5.41) is 2.61. The van der Waals surface area contributed by atoms with Gasteiger partial charge in [0.25, 0.3) is 0 Å². The van der Waals surface area contributed by atoms with Crippen LogP contribution >= 0.6 is 0 Å². The van der Waals surface area contributed by atoms with Crippen LogP contribution in [0.1, 0.15) is 38.5 Å². The van der Waals surface area contributed by atoms with E-state index >= 15 is 0 Å². The van der Waals surface area contributed by atoms with Crippen LogP contribution in [0.15, 0.2) is 18.5 Å². The Balaban J connectivity index is 2.11. The Labute approximate surface area is 124 Å². The highest BCUT2D eigenvalue weighted by atomic mass is 16.5. The van der Waals surface area contributed by atoms with Crippen LogP contribution in [-0.4, -0.2) is 29.0 Å². The van der Waals surface area contributed by atoms with Crippen LogP contribution in [0.3, 0.4) is 0 Å². The van der Waals surface area contributed by atoms with E-state index in [1.807, 2.05) is 0 Å². The van der Waals surface area contributed by atoms with E-state index in [0.29, 0.717) is 0 Å². The Bertz CT molecular complexity index is 470. The van der Waals surface area contributed by atoms with E-state index in [9.17, 15) is 9.59 Å². The second-order valence-corrected chi connectivity index (χ2v) is 5.31. The van der Waals surface area contributed by atoms with Crippen molar-refractivity contribution in [3.8, 4) is 0 Å². The van der Waals surface area contributed by atoms with E-state index in [0.717, 1.165) is 38.5 Å². The lowest BCUT2D eigenvalue weighted by Gasteiger charge is -2.22. The molecule has 0 unspecified atom stereocenters. The lowest BCUT2D eigenvalue weighted by Crippen LogP contribution is -2.36. The van der Waals surface area contributed by atoms with Gasteiger partial charge in [0.05, 0.1) is 7.11 Å². The molecule has 1 atom stereocenters. The summed E-state index contributed by atoms with van der Waals surface area (Å²) in [5.41, 5.74) is 0. The van der Waals surface area contributed by atoms with Crippen molar-refractivity contribution in [2.24, 2.45) is 11.8 Å². The molecule has 1 fully saturated rings. The Morgan fingerprint density at radius 3 is 2.38 bits per heavy atom. The number of anilines is 1. The number of ether oxygens (including phenoxy) is 1. The first kappa shape index (κ1) is 15.4. The number of esters is 1. The van der Waals surface area contributed by atoms with Gasteiger partial charge in [0, 0.05) is 12.4 Å². The number of rotatable bonds is 4. The fourth-order valence-corrected chi connectivity index (χ4v) is 2.84. The summed E-state index contributed by atoms with van der Waals surface area (Å²) in [7, 11) is 1.32. The minimum absolute atomic E-state index is 0.0312. The molecule has 0 radical (unpaired) electrons. The molecule has 1 aromatic heterocycles. The highest BCUT2D eigenvalue weighted by Gasteiger charge is 2.36. The molecular formula is C15H21N3O3. The predicted octanol–water partition coefficient (Wildman–Crippen LogP) is 2.17. The molecule has 0 bridgehead atoms. The van der Waals surface area contributed by atoms with Gasteiger partial charge in [-0.3, -0.25) is 14.9 Å². The normalized spacial score (nSPS) is 17.6. The SMILES string of the molecule is COC(=O)[C@@H](C(=O)Nc1ncccn1)C1CCCCCC1. The van der Waals surface area contributed by atoms with Gasteiger partial charge in [-0.25, -0.2) is 9.97 Å². The number of nitrogens with one attached hydrogen (secondary N) is 1. The third kappa shape index (κ3) is 4.24. The molecule has 114 valence electrons. The lowest BCUT2D eigenvalue weighted by atomic mass is 9.85. The molecule has 1 heterocycles. The average molecular weight is 291 g/mol. The van der Waals surface area contributed by atoms with Gasteiger partial charge in [0.2, 0.25) is 11.9 Å². The molecule has 1 saturated carbocycles. The number of carbonyl (C=O) groups is 2. The summed E-state index contributed by atoms with van der Waals surface area (Å²) >= 11 is 0. The van der Waals surface area contributed by atoms with Crippen LogP contribution in [0, 0.1) is 11.8 Å². The molecule has 0 saturated heterocycles. The Morgan fingerprint density at radius 1 is 1.19 bits per heavy atom. The van der Waals surface area contributed by atoms with Crippen LogP contribution in [0.25, 0.3) is 0 Å². The van der Waals surface area contributed by atoms with Crippen molar-refractivity contribution in [2.45, 2.75) is 38.5 Å². The molecule has 0 spiro atoms. The fourth-order valence-electron chi connectivity index (χ4n) is 2.84. The first-order chi connectivity index (χ1) is 10.2. The molecule has 6 heteroatoms. The third-order valence-electron chi connectivity index (χ3n) is 3.91. The van der Waals surface area contributed by atoms with Crippen molar-refractivity contribution < 1.29 is 14.3 Å². The highest BCUT2D eigenvalue weighted by Crippen LogP contribution is 2.30. The predicted molar refractivity (Wildman–Crippen MR) is 77.4 cm³/mol. The number of hydrogen-bond acceptors (Lipinski definition) is 5. The smallest absolute Gasteiger partial charge is 0.318 e. The topological polar surface area (TPSA) is 81.2 Å². The zero-order valence-corrected chi connectivity index (χ0v) is 12.2. The molecule has 1 aliphatic carbocycles. The minimum Gasteiger partial charge on any atom is -0.468 e. The molecule has 1 aromatic rings. The third-order valence-corrected chi connectivity index (χ3v) is 3.91. The minimum atomic E-state index is -0.781. The Kier molecular flexibility index (Phi) is 5.66. The highest BCUT2D eigenvalue weighted by molar-refractivity contribution is 6.04. The van der Waals surface area contributed by atoms with Crippen molar-refractivity contribution >= 4 is 17.8 Å². The van der Waals surface area contributed by atoms with Crippen molar-refractivity contribution in [2.75, 3.05) is 12.4 Å². The van der Waals surface area contributed by atoms with E-state index in [4.69, 9.17) is 4.74 Å². The second-order valence-electron chi connectivity index (χ2n) is 5.31. The number of aromatic nitrogens is 2. The maximum absolute atomic E-state index is 12.4. The lowest BCUT2D eigenvalue weighted by molar-refractivity contribution is -0.151. The fraction of sp³-hybridized carbons (Fsp3) is 0.600. The second kappa shape index (κ2) is 7.71. The van der Waals surface area contributed by atoms with E-state index < -0.39 is 11.9 Å². The van der Waals surface area contributed by atoms with E-state index in [2.05, 4.69) is 15.3 Å². The van der Waals surface area contributed by atoms with Crippen LogP contribution in [0.4, 0.5) is 5.95 Å². The van der Waals surface area contributed by atoms with E-state index in [1.165, 1.54) is 7.11 Å². The monoisotopic (exact) mass is 291 g/mol.